The molecule has 8 heteroatoms. The van der Waals surface area contributed by atoms with E-state index in [1.165, 1.54) is 12.3 Å². The molecule has 2 heterocycles. The number of benzene rings is 1. The summed E-state index contributed by atoms with van der Waals surface area (Å²) < 4.78 is 6.69. The van der Waals surface area contributed by atoms with Gasteiger partial charge >= 0.3 is 5.69 Å². The van der Waals surface area contributed by atoms with Crippen LogP contribution in [0, 0.1) is 5.92 Å². The van der Waals surface area contributed by atoms with Gasteiger partial charge in [0.05, 0.1) is 18.8 Å². The van der Waals surface area contributed by atoms with Gasteiger partial charge in [-0.2, -0.15) is 0 Å². The molecule has 0 radical (unpaired) electrons. The third-order valence-corrected chi connectivity index (χ3v) is 5.22. The maximum Gasteiger partial charge on any atom is 0.328 e. The number of carbonyl (C=O) groups excluding carboxylic acids is 1. The minimum atomic E-state index is -0.622. The van der Waals surface area contributed by atoms with Gasteiger partial charge in [0.15, 0.2) is 0 Å². The molecule has 1 amide bonds. The van der Waals surface area contributed by atoms with Crippen molar-refractivity contribution in [3.05, 3.63) is 62.4 Å². The van der Waals surface area contributed by atoms with Crippen LogP contribution in [0.4, 0.5) is 0 Å². The molecule has 27 heavy (non-hydrogen) atoms. The quantitative estimate of drug-likeness (QED) is 0.690. The SMILES string of the molecule is O=C(Cn1ccc(=O)[nH]c1=O)N[C@@H](c1ccc2c(c1)CCO2)C1CC(O)C1. The lowest BCUT2D eigenvalue weighted by molar-refractivity contribution is -0.123. The Balaban J connectivity index is 1.53. The fourth-order valence-corrected chi connectivity index (χ4v) is 3.72. The highest BCUT2D eigenvalue weighted by Gasteiger charge is 2.36. The maximum absolute atomic E-state index is 12.5. The molecule has 1 aliphatic carbocycles. The van der Waals surface area contributed by atoms with E-state index < -0.39 is 11.2 Å². The molecular formula is C19H21N3O5. The van der Waals surface area contributed by atoms with E-state index >= 15 is 0 Å². The molecule has 1 aliphatic heterocycles. The van der Waals surface area contributed by atoms with Crippen LogP contribution in [0.25, 0.3) is 0 Å². The zero-order valence-electron chi connectivity index (χ0n) is 14.7. The summed E-state index contributed by atoms with van der Waals surface area (Å²) in [6, 6.07) is 6.86. The van der Waals surface area contributed by atoms with Crippen LogP contribution in [0.15, 0.2) is 40.1 Å². The van der Waals surface area contributed by atoms with Crippen LogP contribution in [-0.2, 0) is 17.8 Å². The van der Waals surface area contributed by atoms with E-state index in [0.717, 1.165) is 27.9 Å². The number of aliphatic hydroxyl groups is 1. The van der Waals surface area contributed by atoms with Crippen LogP contribution < -0.4 is 21.3 Å². The van der Waals surface area contributed by atoms with E-state index in [4.69, 9.17) is 4.74 Å². The van der Waals surface area contributed by atoms with Crippen molar-refractivity contribution in [2.24, 2.45) is 5.92 Å². The Morgan fingerprint density at radius 1 is 1.33 bits per heavy atom. The van der Waals surface area contributed by atoms with Gasteiger partial charge in [0.1, 0.15) is 12.3 Å². The molecule has 142 valence electrons. The fraction of sp³-hybridized carbons (Fsp3) is 0.421. The number of nitrogens with zero attached hydrogens (tertiary/aromatic N) is 1. The van der Waals surface area contributed by atoms with Crippen LogP contribution in [0.3, 0.4) is 0 Å². The number of aromatic nitrogens is 2. The molecule has 1 aromatic carbocycles. The van der Waals surface area contributed by atoms with Crippen LogP contribution in [-0.4, -0.2) is 33.3 Å². The van der Waals surface area contributed by atoms with Gasteiger partial charge in [-0.25, -0.2) is 4.79 Å². The molecule has 4 rings (SSSR count). The van der Waals surface area contributed by atoms with Crippen molar-refractivity contribution >= 4 is 5.91 Å². The van der Waals surface area contributed by atoms with Crippen LogP contribution in [0.2, 0.25) is 0 Å². The van der Waals surface area contributed by atoms with Crippen LogP contribution in [0.1, 0.15) is 30.0 Å². The van der Waals surface area contributed by atoms with Crippen LogP contribution >= 0.6 is 0 Å². The molecule has 3 N–H and O–H groups in total. The Morgan fingerprint density at radius 2 is 2.15 bits per heavy atom. The van der Waals surface area contributed by atoms with Crippen molar-refractivity contribution in [2.75, 3.05) is 6.61 Å². The number of aliphatic hydroxyl groups excluding tert-OH is 1. The first kappa shape index (κ1) is 17.5. The second kappa shape index (κ2) is 7.03. The third-order valence-electron chi connectivity index (χ3n) is 5.22. The second-order valence-corrected chi connectivity index (χ2v) is 7.13. The lowest BCUT2D eigenvalue weighted by Gasteiger charge is -2.38. The first-order valence-corrected chi connectivity index (χ1v) is 9.02. The van der Waals surface area contributed by atoms with Gasteiger partial charge in [0.25, 0.3) is 5.56 Å². The molecule has 1 saturated carbocycles. The maximum atomic E-state index is 12.5. The number of hydrogen-bond donors (Lipinski definition) is 3. The lowest BCUT2D eigenvalue weighted by Crippen LogP contribution is -2.43. The number of amides is 1. The summed E-state index contributed by atoms with van der Waals surface area (Å²) in [4.78, 5) is 37.6. The average molecular weight is 371 g/mol. The van der Waals surface area contributed by atoms with Crippen molar-refractivity contribution in [3.8, 4) is 5.75 Å². The highest BCUT2D eigenvalue weighted by molar-refractivity contribution is 5.76. The zero-order valence-corrected chi connectivity index (χ0v) is 14.7. The normalized spacial score (nSPS) is 21.7. The zero-order chi connectivity index (χ0) is 19.0. The van der Waals surface area contributed by atoms with E-state index in [9.17, 15) is 19.5 Å². The van der Waals surface area contributed by atoms with Gasteiger partial charge in [0.2, 0.25) is 5.91 Å². The summed E-state index contributed by atoms with van der Waals surface area (Å²) in [7, 11) is 0. The summed E-state index contributed by atoms with van der Waals surface area (Å²) >= 11 is 0. The molecule has 2 aromatic rings. The number of H-pyrrole nitrogens is 1. The second-order valence-electron chi connectivity index (χ2n) is 7.13. The van der Waals surface area contributed by atoms with Crippen molar-refractivity contribution in [2.45, 2.75) is 38.0 Å². The van der Waals surface area contributed by atoms with Gasteiger partial charge in [-0.15, -0.1) is 0 Å². The van der Waals surface area contributed by atoms with Crippen LogP contribution in [0.5, 0.6) is 5.75 Å². The summed E-state index contributed by atoms with van der Waals surface area (Å²) in [5.41, 5.74) is 0.961. The minimum Gasteiger partial charge on any atom is -0.493 e. The molecule has 0 bridgehead atoms. The van der Waals surface area contributed by atoms with Gasteiger partial charge in [-0.3, -0.25) is 19.1 Å². The third kappa shape index (κ3) is 3.66. The predicted molar refractivity (Wildman–Crippen MR) is 96.6 cm³/mol. The first-order chi connectivity index (χ1) is 13.0. The number of ether oxygens (including phenoxy) is 1. The monoisotopic (exact) mass is 371 g/mol. The van der Waals surface area contributed by atoms with E-state index in [1.807, 2.05) is 18.2 Å². The highest BCUT2D eigenvalue weighted by Crippen LogP contribution is 2.39. The van der Waals surface area contributed by atoms with Crippen molar-refractivity contribution in [1.82, 2.24) is 14.9 Å². The summed E-state index contributed by atoms with van der Waals surface area (Å²) in [5.74, 6) is 0.682. The predicted octanol–water partition coefficient (Wildman–Crippen LogP) is 0.0999. The summed E-state index contributed by atoms with van der Waals surface area (Å²) in [6.45, 7) is 0.475. The number of carbonyl (C=O) groups is 1. The number of fused-ring (bicyclic) bond motifs is 1. The number of nitrogens with one attached hydrogen (secondary N) is 2. The lowest BCUT2D eigenvalue weighted by atomic mass is 9.75. The Morgan fingerprint density at radius 3 is 2.89 bits per heavy atom. The Hall–Kier alpha value is -2.87. The fourth-order valence-electron chi connectivity index (χ4n) is 3.72. The molecule has 2 aliphatic rings. The van der Waals surface area contributed by atoms with E-state index in [-0.39, 0.29) is 30.5 Å². The van der Waals surface area contributed by atoms with Gasteiger partial charge in [0, 0.05) is 18.7 Å². The molecule has 0 saturated heterocycles. The Kier molecular flexibility index (Phi) is 4.57. The Labute approximate surface area is 154 Å². The molecule has 0 spiro atoms. The smallest absolute Gasteiger partial charge is 0.328 e. The van der Waals surface area contributed by atoms with Crippen molar-refractivity contribution in [3.63, 3.8) is 0 Å². The number of hydrogen-bond acceptors (Lipinski definition) is 5. The first-order valence-electron chi connectivity index (χ1n) is 9.02. The highest BCUT2D eigenvalue weighted by atomic mass is 16.5. The number of aromatic amines is 1. The number of rotatable bonds is 5. The molecule has 8 nitrogen and oxygen atoms in total. The topological polar surface area (TPSA) is 113 Å². The van der Waals surface area contributed by atoms with Gasteiger partial charge in [-0.05, 0) is 42.0 Å². The van der Waals surface area contributed by atoms with Gasteiger partial charge < -0.3 is 15.2 Å². The van der Waals surface area contributed by atoms with Crippen molar-refractivity contribution in [1.29, 1.82) is 0 Å². The summed E-state index contributed by atoms with van der Waals surface area (Å²) in [5, 5.41) is 12.7. The standard InChI is InChI=1S/C19H21N3O5/c23-14-8-13(9-14)18(12-1-2-15-11(7-12)4-6-27-15)20-17(25)10-22-5-3-16(24)21-19(22)26/h1-3,5,7,13-14,18,23H,4,6,8-10H2,(H,20,25)(H,21,24,26)/t13?,14?,18-/m0/s1. The van der Waals surface area contributed by atoms with E-state index in [1.54, 1.807) is 0 Å². The largest absolute Gasteiger partial charge is 0.493 e. The molecule has 1 atom stereocenters. The van der Waals surface area contributed by atoms with E-state index in [2.05, 4.69) is 10.3 Å². The van der Waals surface area contributed by atoms with Crippen molar-refractivity contribution < 1.29 is 14.6 Å². The molecule has 0 unspecified atom stereocenters. The molecular weight excluding hydrogens is 350 g/mol. The molecule has 1 aromatic heterocycles. The Bertz CT molecular complexity index is 974. The van der Waals surface area contributed by atoms with Gasteiger partial charge in [-0.1, -0.05) is 6.07 Å². The van der Waals surface area contributed by atoms with E-state index in [0.29, 0.717) is 19.4 Å². The molecule has 1 fully saturated rings. The minimum absolute atomic E-state index is 0.136. The summed E-state index contributed by atoms with van der Waals surface area (Å²) in [6.07, 6.45) is 3.04. The average Bonchev–Trinajstić information content (AvgIpc) is 3.07.